The maximum Gasteiger partial charge on any atom is 0.257 e. The van der Waals surface area contributed by atoms with Crippen LogP contribution >= 0.6 is 0 Å². The number of rotatable bonds is 4. The first-order chi connectivity index (χ1) is 12.4. The van der Waals surface area contributed by atoms with E-state index in [4.69, 9.17) is 9.15 Å². The molecule has 1 aliphatic carbocycles. The highest BCUT2D eigenvalue weighted by Crippen LogP contribution is 2.36. The monoisotopic (exact) mass is 361 g/mol. The standard InChI is InChI=1S/C19H27N3O4/c1-12-6-15(13(2)26-12)18(24)22-10-19(11-22)9-21(7-14-4-5-14)16(8-25-19)17(23)20-3/h6,14,16H,4-5,7-11H2,1-3H3,(H,20,23)/t16-/m1/s1. The average molecular weight is 361 g/mol. The van der Waals surface area contributed by atoms with E-state index >= 15 is 0 Å². The molecular weight excluding hydrogens is 334 g/mol. The van der Waals surface area contributed by atoms with Gasteiger partial charge >= 0.3 is 0 Å². The van der Waals surface area contributed by atoms with E-state index in [9.17, 15) is 9.59 Å². The van der Waals surface area contributed by atoms with Crippen molar-refractivity contribution < 1.29 is 18.7 Å². The molecule has 1 saturated carbocycles. The van der Waals surface area contributed by atoms with Crippen LogP contribution in [0, 0.1) is 19.8 Å². The van der Waals surface area contributed by atoms with Gasteiger partial charge in [0.25, 0.3) is 5.91 Å². The maximum atomic E-state index is 12.7. The second kappa shape index (κ2) is 6.39. The number of hydrogen-bond acceptors (Lipinski definition) is 5. The highest BCUT2D eigenvalue weighted by molar-refractivity contribution is 5.96. The van der Waals surface area contributed by atoms with E-state index in [0.717, 1.165) is 12.3 Å². The van der Waals surface area contributed by atoms with E-state index < -0.39 is 0 Å². The maximum absolute atomic E-state index is 12.7. The molecule has 0 unspecified atom stereocenters. The van der Waals surface area contributed by atoms with Gasteiger partial charge in [-0.3, -0.25) is 14.5 Å². The summed E-state index contributed by atoms with van der Waals surface area (Å²) in [4.78, 5) is 29.0. The molecule has 0 aromatic carbocycles. The Morgan fingerprint density at radius 2 is 2.00 bits per heavy atom. The van der Waals surface area contributed by atoms with Crippen LogP contribution in [0.3, 0.4) is 0 Å². The molecule has 3 fully saturated rings. The summed E-state index contributed by atoms with van der Waals surface area (Å²) in [5, 5.41) is 2.74. The summed E-state index contributed by atoms with van der Waals surface area (Å²) in [6.45, 7) is 6.83. The van der Waals surface area contributed by atoms with Gasteiger partial charge in [0.15, 0.2) is 0 Å². The van der Waals surface area contributed by atoms with Gasteiger partial charge in [0.2, 0.25) is 5.91 Å². The third-order valence-corrected chi connectivity index (χ3v) is 5.73. The second-order valence-corrected chi connectivity index (χ2v) is 7.99. The largest absolute Gasteiger partial charge is 0.466 e. The van der Waals surface area contributed by atoms with Crippen molar-refractivity contribution in [3.63, 3.8) is 0 Å². The van der Waals surface area contributed by atoms with E-state index in [-0.39, 0.29) is 23.5 Å². The predicted octanol–water partition coefficient (Wildman–Crippen LogP) is 0.948. The molecule has 0 bridgehead atoms. The van der Waals surface area contributed by atoms with Gasteiger partial charge < -0.3 is 19.4 Å². The van der Waals surface area contributed by atoms with Crippen molar-refractivity contribution in [1.82, 2.24) is 15.1 Å². The summed E-state index contributed by atoms with van der Waals surface area (Å²) in [5.41, 5.74) is 0.285. The second-order valence-electron chi connectivity index (χ2n) is 7.99. The Hall–Kier alpha value is -1.86. The zero-order chi connectivity index (χ0) is 18.5. The number of ether oxygens (including phenoxy) is 1. The lowest BCUT2D eigenvalue weighted by molar-refractivity contribution is -0.191. The molecule has 4 rings (SSSR count). The predicted molar refractivity (Wildman–Crippen MR) is 94.9 cm³/mol. The topological polar surface area (TPSA) is 75.0 Å². The molecule has 1 atom stereocenters. The number of amides is 2. The minimum absolute atomic E-state index is 0.00394. The lowest BCUT2D eigenvalue weighted by atomic mass is 9.89. The van der Waals surface area contributed by atoms with Crippen LogP contribution in [0.25, 0.3) is 0 Å². The normalized spacial score (nSPS) is 25.2. The minimum atomic E-state index is -0.345. The molecular formula is C19H27N3O4. The minimum Gasteiger partial charge on any atom is -0.466 e. The summed E-state index contributed by atoms with van der Waals surface area (Å²) < 4.78 is 11.6. The summed E-state index contributed by atoms with van der Waals surface area (Å²) in [5.74, 6) is 2.12. The third-order valence-electron chi connectivity index (χ3n) is 5.73. The molecule has 1 aromatic rings. The SMILES string of the molecule is CNC(=O)[C@H]1COC2(CN(C(=O)c3cc(C)oc3C)C2)CN1CC1CC1. The van der Waals surface area contributed by atoms with Crippen LogP contribution in [0.15, 0.2) is 10.5 Å². The van der Waals surface area contributed by atoms with Crippen LogP contribution in [-0.4, -0.2) is 73.1 Å². The zero-order valence-corrected chi connectivity index (χ0v) is 15.7. The van der Waals surface area contributed by atoms with Crippen molar-refractivity contribution in [3.05, 3.63) is 23.2 Å². The van der Waals surface area contributed by atoms with E-state index in [0.29, 0.717) is 43.5 Å². The number of nitrogens with one attached hydrogen (secondary N) is 1. The lowest BCUT2D eigenvalue weighted by Crippen LogP contribution is -2.73. The molecule has 3 heterocycles. The van der Waals surface area contributed by atoms with Gasteiger partial charge in [-0.25, -0.2) is 0 Å². The number of furan rings is 1. The highest BCUT2D eigenvalue weighted by Gasteiger charge is 2.52. The number of hydrogen-bond donors (Lipinski definition) is 1. The molecule has 1 aromatic heterocycles. The summed E-state index contributed by atoms with van der Waals surface area (Å²) in [7, 11) is 1.67. The van der Waals surface area contributed by atoms with E-state index in [2.05, 4.69) is 10.2 Å². The van der Waals surface area contributed by atoms with Crippen LogP contribution in [0.1, 0.15) is 34.7 Å². The fourth-order valence-electron chi connectivity index (χ4n) is 4.12. The number of likely N-dealkylation sites (tertiary alicyclic amines) is 1. The van der Waals surface area contributed by atoms with Gasteiger partial charge in [-0.05, 0) is 38.7 Å². The highest BCUT2D eigenvalue weighted by atomic mass is 16.5. The van der Waals surface area contributed by atoms with Crippen LogP contribution in [0.5, 0.6) is 0 Å². The first kappa shape index (κ1) is 17.5. The quantitative estimate of drug-likeness (QED) is 0.864. The molecule has 1 N–H and O–H groups in total. The molecule has 142 valence electrons. The smallest absolute Gasteiger partial charge is 0.257 e. The Morgan fingerprint density at radius 1 is 1.27 bits per heavy atom. The van der Waals surface area contributed by atoms with Crippen LogP contribution in [0.2, 0.25) is 0 Å². The molecule has 3 aliphatic rings. The van der Waals surface area contributed by atoms with Crippen molar-refractivity contribution in [3.8, 4) is 0 Å². The van der Waals surface area contributed by atoms with E-state index in [1.54, 1.807) is 13.1 Å². The summed E-state index contributed by atoms with van der Waals surface area (Å²) in [6, 6.07) is 1.57. The average Bonchev–Trinajstić information content (AvgIpc) is 3.33. The Balaban J connectivity index is 1.42. The fourth-order valence-corrected chi connectivity index (χ4v) is 4.12. The van der Waals surface area contributed by atoms with Crippen LogP contribution in [-0.2, 0) is 9.53 Å². The molecule has 2 aliphatic heterocycles. The van der Waals surface area contributed by atoms with E-state index in [1.165, 1.54) is 12.8 Å². The first-order valence-electron chi connectivity index (χ1n) is 9.37. The Morgan fingerprint density at radius 3 is 2.58 bits per heavy atom. The summed E-state index contributed by atoms with van der Waals surface area (Å²) in [6.07, 6.45) is 2.49. The number of carbonyl (C=O) groups excluding carboxylic acids is 2. The number of aryl methyl sites for hydroxylation is 2. The number of nitrogens with zero attached hydrogens (tertiary/aromatic N) is 2. The van der Waals surface area contributed by atoms with Crippen LogP contribution < -0.4 is 5.32 Å². The Bertz CT molecular complexity index is 718. The van der Waals surface area contributed by atoms with Crippen molar-refractivity contribution in [1.29, 1.82) is 0 Å². The van der Waals surface area contributed by atoms with Crippen molar-refractivity contribution >= 4 is 11.8 Å². The molecule has 0 radical (unpaired) electrons. The van der Waals surface area contributed by atoms with Crippen LogP contribution in [0.4, 0.5) is 0 Å². The molecule has 7 nitrogen and oxygen atoms in total. The van der Waals surface area contributed by atoms with Gasteiger partial charge in [0.05, 0.1) is 25.3 Å². The van der Waals surface area contributed by atoms with Gasteiger partial charge in [0.1, 0.15) is 23.2 Å². The Labute approximate surface area is 153 Å². The fraction of sp³-hybridized carbons (Fsp3) is 0.684. The lowest BCUT2D eigenvalue weighted by Gasteiger charge is -2.55. The van der Waals surface area contributed by atoms with E-state index in [1.807, 2.05) is 18.7 Å². The van der Waals surface area contributed by atoms with Gasteiger partial charge in [-0.15, -0.1) is 0 Å². The first-order valence-corrected chi connectivity index (χ1v) is 9.37. The van der Waals surface area contributed by atoms with Crippen molar-refractivity contribution in [2.45, 2.75) is 38.3 Å². The number of morpholine rings is 1. The summed E-state index contributed by atoms with van der Waals surface area (Å²) >= 11 is 0. The van der Waals surface area contributed by atoms with Gasteiger partial charge in [-0.1, -0.05) is 0 Å². The molecule has 2 saturated heterocycles. The zero-order valence-electron chi connectivity index (χ0n) is 15.7. The molecule has 7 heteroatoms. The molecule has 1 spiro atoms. The van der Waals surface area contributed by atoms with Gasteiger partial charge in [0, 0.05) is 20.1 Å². The molecule has 26 heavy (non-hydrogen) atoms. The molecule has 2 amide bonds. The van der Waals surface area contributed by atoms with Gasteiger partial charge in [-0.2, -0.15) is 0 Å². The van der Waals surface area contributed by atoms with Crippen molar-refractivity contribution in [2.75, 3.05) is 39.8 Å². The van der Waals surface area contributed by atoms with Crippen molar-refractivity contribution in [2.24, 2.45) is 5.92 Å². The number of carbonyl (C=O) groups is 2. The third kappa shape index (κ3) is 3.14. The Kier molecular flexibility index (Phi) is 4.31. The number of likely N-dealkylation sites (N-methyl/N-ethyl adjacent to an activating group) is 1.